The Balaban J connectivity index is 1.86. The molecule has 0 aromatic carbocycles. The Bertz CT molecular complexity index is 733. The van der Waals surface area contributed by atoms with Gasteiger partial charge in [0.1, 0.15) is 13.2 Å². The Labute approximate surface area is 178 Å². The van der Waals surface area contributed by atoms with Crippen molar-refractivity contribution < 1.29 is 46.2 Å². The number of ketones is 2. The third-order valence-corrected chi connectivity index (χ3v) is 6.36. The highest BCUT2D eigenvalue weighted by atomic mass is 19.3. The van der Waals surface area contributed by atoms with Crippen LogP contribution in [-0.2, 0) is 28.7 Å². The second-order valence-electron chi connectivity index (χ2n) is 9.07. The molecule has 3 atom stereocenters. The molecule has 0 radical (unpaired) electrons. The zero-order chi connectivity index (χ0) is 23.6. The van der Waals surface area contributed by atoms with Crippen LogP contribution in [0, 0.1) is 23.2 Å². The van der Waals surface area contributed by atoms with Crippen molar-refractivity contribution in [3.63, 3.8) is 0 Å². The first-order chi connectivity index (χ1) is 14.2. The summed E-state index contributed by atoms with van der Waals surface area (Å²) in [5.41, 5.74) is -0.818. The Morgan fingerprint density at radius 2 is 1.45 bits per heavy atom. The summed E-state index contributed by atoms with van der Waals surface area (Å²) in [4.78, 5) is 47.4. The summed E-state index contributed by atoms with van der Waals surface area (Å²) in [5.74, 6) is -16.6. The van der Waals surface area contributed by atoms with E-state index in [1.54, 1.807) is 20.8 Å². The van der Waals surface area contributed by atoms with Crippen molar-refractivity contribution >= 4 is 23.5 Å². The van der Waals surface area contributed by atoms with Crippen molar-refractivity contribution in [2.45, 2.75) is 71.1 Å². The fourth-order valence-electron chi connectivity index (χ4n) is 4.06. The van der Waals surface area contributed by atoms with E-state index in [-0.39, 0.29) is 11.8 Å². The number of halogens is 4. The molecule has 0 heterocycles. The second-order valence-corrected chi connectivity index (χ2v) is 9.07. The summed E-state index contributed by atoms with van der Waals surface area (Å²) in [6, 6.07) is 0. The van der Waals surface area contributed by atoms with E-state index >= 15 is 0 Å². The highest BCUT2D eigenvalue weighted by Crippen LogP contribution is 2.49. The molecule has 0 N–H and O–H groups in total. The van der Waals surface area contributed by atoms with E-state index in [1.165, 1.54) is 0 Å². The fraction of sp³-hybridized carbons (Fsp3) is 0.810. The summed E-state index contributed by atoms with van der Waals surface area (Å²) in [6.07, 6.45) is 0.520. The van der Waals surface area contributed by atoms with Crippen LogP contribution in [0.15, 0.2) is 0 Å². The highest BCUT2D eigenvalue weighted by Gasteiger charge is 2.57. The molecule has 2 saturated carbocycles. The van der Waals surface area contributed by atoms with Gasteiger partial charge in [0.25, 0.3) is 5.78 Å². The van der Waals surface area contributed by atoms with Crippen molar-refractivity contribution in [3.05, 3.63) is 0 Å². The van der Waals surface area contributed by atoms with Crippen LogP contribution in [0.1, 0.15) is 59.3 Å². The molecule has 2 bridgehead atoms. The SMILES string of the molecule is CCC(C)(C)C(=O)OCCOC(=O)C(F)(F)CC(F)(F)C(=O)C(=O)C1CC2CCC1C2. The van der Waals surface area contributed by atoms with Crippen molar-refractivity contribution in [1.82, 2.24) is 0 Å². The number of alkyl halides is 4. The first kappa shape index (κ1) is 25.3. The zero-order valence-electron chi connectivity index (χ0n) is 17.9. The molecule has 2 aliphatic rings. The van der Waals surface area contributed by atoms with E-state index in [0.29, 0.717) is 25.7 Å². The molecule has 176 valence electrons. The highest BCUT2D eigenvalue weighted by molar-refractivity contribution is 6.40. The molecule has 10 heteroatoms. The quantitative estimate of drug-likeness (QED) is 0.205. The van der Waals surface area contributed by atoms with E-state index in [9.17, 15) is 36.7 Å². The largest absolute Gasteiger partial charge is 0.462 e. The maximum absolute atomic E-state index is 14.2. The van der Waals surface area contributed by atoms with Crippen LogP contribution in [0.3, 0.4) is 0 Å². The van der Waals surface area contributed by atoms with E-state index < -0.39 is 66.3 Å². The smallest absolute Gasteiger partial charge is 0.377 e. The fourth-order valence-corrected chi connectivity index (χ4v) is 4.06. The monoisotopic (exact) mass is 452 g/mol. The van der Waals surface area contributed by atoms with Gasteiger partial charge in [-0.3, -0.25) is 14.4 Å². The minimum atomic E-state index is -4.70. The molecule has 0 aromatic rings. The molecule has 2 aliphatic carbocycles. The summed E-state index contributed by atoms with van der Waals surface area (Å²) in [7, 11) is 0. The van der Waals surface area contributed by atoms with Gasteiger partial charge in [0.2, 0.25) is 5.78 Å². The predicted molar refractivity (Wildman–Crippen MR) is 99.5 cm³/mol. The van der Waals surface area contributed by atoms with E-state index in [2.05, 4.69) is 4.74 Å². The molecule has 0 aromatic heterocycles. The lowest BCUT2D eigenvalue weighted by Crippen LogP contribution is -2.46. The first-order valence-electron chi connectivity index (χ1n) is 10.4. The van der Waals surface area contributed by atoms with Crippen molar-refractivity contribution in [2.75, 3.05) is 13.2 Å². The summed E-state index contributed by atoms with van der Waals surface area (Å²) in [6.45, 7) is 3.66. The third-order valence-electron chi connectivity index (χ3n) is 6.36. The van der Waals surface area contributed by atoms with Gasteiger partial charge in [-0.05, 0) is 51.4 Å². The Morgan fingerprint density at radius 1 is 0.871 bits per heavy atom. The van der Waals surface area contributed by atoms with Crippen LogP contribution >= 0.6 is 0 Å². The average Bonchev–Trinajstić information content (AvgIpc) is 3.32. The van der Waals surface area contributed by atoms with Crippen molar-refractivity contribution in [1.29, 1.82) is 0 Å². The molecular formula is C21H28F4O6. The van der Waals surface area contributed by atoms with Crippen LogP contribution in [0.2, 0.25) is 0 Å². The van der Waals surface area contributed by atoms with Gasteiger partial charge >= 0.3 is 23.8 Å². The molecule has 0 saturated heterocycles. The van der Waals surface area contributed by atoms with Gasteiger partial charge in [0, 0.05) is 5.92 Å². The number of Topliss-reactive ketones (excluding diaryl/α,β-unsaturated/α-hetero) is 2. The zero-order valence-corrected chi connectivity index (χ0v) is 17.9. The van der Waals surface area contributed by atoms with Gasteiger partial charge in [-0.2, -0.15) is 17.6 Å². The van der Waals surface area contributed by atoms with Crippen LogP contribution in [0.5, 0.6) is 0 Å². The van der Waals surface area contributed by atoms with Gasteiger partial charge in [0.15, 0.2) is 0 Å². The number of carbonyl (C=O) groups is 4. The van der Waals surface area contributed by atoms with Gasteiger partial charge in [-0.25, -0.2) is 4.79 Å². The molecule has 3 unspecified atom stereocenters. The van der Waals surface area contributed by atoms with Crippen LogP contribution in [-0.4, -0.2) is 48.6 Å². The Morgan fingerprint density at radius 3 is 1.94 bits per heavy atom. The molecule has 0 spiro atoms. The maximum Gasteiger partial charge on any atom is 0.377 e. The van der Waals surface area contributed by atoms with Crippen LogP contribution in [0.25, 0.3) is 0 Å². The predicted octanol–water partition coefficient (Wildman–Crippen LogP) is 3.74. The van der Waals surface area contributed by atoms with Crippen molar-refractivity contribution in [2.24, 2.45) is 23.2 Å². The summed E-state index contributed by atoms with van der Waals surface area (Å²) < 4.78 is 65.3. The molecule has 0 amide bonds. The molecule has 2 rings (SSSR count). The molecule has 6 nitrogen and oxygen atoms in total. The number of rotatable bonds is 11. The van der Waals surface area contributed by atoms with E-state index in [1.807, 2.05) is 0 Å². The normalized spacial score (nSPS) is 23.5. The average molecular weight is 452 g/mol. The summed E-state index contributed by atoms with van der Waals surface area (Å²) >= 11 is 0. The molecular weight excluding hydrogens is 424 g/mol. The van der Waals surface area contributed by atoms with E-state index in [4.69, 9.17) is 4.74 Å². The number of fused-ring (bicyclic) bond motifs is 2. The number of carbonyl (C=O) groups excluding carboxylic acids is 4. The second kappa shape index (κ2) is 9.24. The topological polar surface area (TPSA) is 86.7 Å². The number of ether oxygens (including phenoxy) is 2. The maximum atomic E-state index is 14.2. The first-order valence-corrected chi connectivity index (χ1v) is 10.4. The van der Waals surface area contributed by atoms with E-state index in [0.717, 1.165) is 6.42 Å². The molecule has 31 heavy (non-hydrogen) atoms. The molecule has 0 aliphatic heterocycles. The number of esters is 2. The number of hydrogen-bond acceptors (Lipinski definition) is 6. The lowest BCUT2D eigenvalue weighted by molar-refractivity contribution is -0.189. The standard InChI is InChI=1S/C21H28F4O6/c1-4-19(2,3)17(28)30-7-8-31-18(29)21(24,25)11-20(22,23)16(27)15(26)14-10-12-5-6-13(14)9-12/h12-14H,4-11H2,1-3H3. The minimum absolute atomic E-state index is 0.164. The Hall–Kier alpha value is -2.00. The minimum Gasteiger partial charge on any atom is -0.462 e. The van der Waals surface area contributed by atoms with Gasteiger partial charge < -0.3 is 9.47 Å². The third kappa shape index (κ3) is 5.83. The lowest BCUT2D eigenvalue weighted by Gasteiger charge is -2.24. The molecule has 2 fully saturated rings. The van der Waals surface area contributed by atoms with Crippen LogP contribution in [0.4, 0.5) is 17.6 Å². The van der Waals surface area contributed by atoms with Gasteiger partial charge in [0.05, 0.1) is 11.8 Å². The lowest BCUT2D eigenvalue weighted by atomic mass is 9.82. The Kier molecular flexibility index (Phi) is 7.53. The number of hydrogen-bond donors (Lipinski definition) is 0. The van der Waals surface area contributed by atoms with Crippen molar-refractivity contribution in [3.8, 4) is 0 Å². The van der Waals surface area contributed by atoms with Gasteiger partial charge in [-0.1, -0.05) is 13.3 Å². The van der Waals surface area contributed by atoms with Gasteiger partial charge in [-0.15, -0.1) is 0 Å². The van der Waals surface area contributed by atoms with Crippen LogP contribution < -0.4 is 0 Å². The summed E-state index contributed by atoms with van der Waals surface area (Å²) in [5, 5.41) is 0.